The highest BCUT2D eigenvalue weighted by molar-refractivity contribution is 7.18. The summed E-state index contributed by atoms with van der Waals surface area (Å²) in [6, 6.07) is 9.05. The topological polar surface area (TPSA) is 75.6 Å². The molecular weight excluding hydrogens is 290 g/mol. The van der Waals surface area contributed by atoms with Crippen LogP contribution in [0.1, 0.15) is 23.5 Å². The van der Waals surface area contributed by atoms with Crippen molar-refractivity contribution in [2.24, 2.45) is 0 Å². The number of ether oxygens (including phenoxy) is 1. The maximum atomic E-state index is 11.2. The van der Waals surface area contributed by atoms with Crippen molar-refractivity contribution in [2.75, 3.05) is 11.9 Å². The zero-order chi connectivity index (χ0) is 15.4. The number of hydrogen-bond acceptors (Lipinski definition) is 4. The molecule has 1 amide bonds. The summed E-state index contributed by atoms with van der Waals surface area (Å²) in [4.78, 5) is 23.3. The van der Waals surface area contributed by atoms with Crippen LogP contribution in [0.5, 0.6) is 5.75 Å². The summed E-state index contributed by atoms with van der Waals surface area (Å²) >= 11 is 1.13. The van der Waals surface area contributed by atoms with Gasteiger partial charge in [0, 0.05) is 11.8 Å². The van der Waals surface area contributed by atoms with E-state index in [0.717, 1.165) is 27.5 Å². The van der Waals surface area contributed by atoms with Gasteiger partial charge in [-0.05, 0) is 42.8 Å². The smallest absolute Gasteiger partial charge is 0.348 e. The molecule has 0 aliphatic rings. The van der Waals surface area contributed by atoms with E-state index in [9.17, 15) is 14.7 Å². The number of rotatable bonds is 5. The first-order chi connectivity index (χ1) is 10.0. The van der Waals surface area contributed by atoms with E-state index in [0.29, 0.717) is 12.3 Å². The maximum Gasteiger partial charge on any atom is 0.348 e. The Bertz CT molecular complexity index is 661. The second-order valence-electron chi connectivity index (χ2n) is 4.30. The second-order valence-corrected chi connectivity index (χ2v) is 5.35. The van der Waals surface area contributed by atoms with E-state index in [4.69, 9.17) is 4.74 Å². The van der Waals surface area contributed by atoms with E-state index in [-0.39, 0.29) is 10.8 Å². The zero-order valence-electron chi connectivity index (χ0n) is 11.7. The second kappa shape index (κ2) is 6.41. The number of benzene rings is 1. The molecule has 110 valence electrons. The summed E-state index contributed by atoms with van der Waals surface area (Å²) in [6.07, 6.45) is 0. The van der Waals surface area contributed by atoms with Crippen LogP contribution in [0, 0.1) is 0 Å². The highest BCUT2D eigenvalue weighted by Crippen LogP contribution is 2.35. The van der Waals surface area contributed by atoms with Crippen molar-refractivity contribution in [3.63, 3.8) is 0 Å². The van der Waals surface area contributed by atoms with Crippen LogP contribution in [0.4, 0.5) is 5.69 Å². The lowest BCUT2D eigenvalue weighted by molar-refractivity contribution is -0.114. The van der Waals surface area contributed by atoms with Crippen LogP contribution >= 0.6 is 11.3 Å². The number of carboxylic acids is 1. The first-order valence-electron chi connectivity index (χ1n) is 6.39. The first kappa shape index (κ1) is 15.1. The number of carbonyl (C=O) groups excluding carboxylic acids is 1. The normalized spacial score (nSPS) is 10.2. The zero-order valence-corrected chi connectivity index (χ0v) is 12.5. The van der Waals surface area contributed by atoms with Gasteiger partial charge in [-0.15, -0.1) is 11.3 Å². The minimum absolute atomic E-state index is 0.120. The van der Waals surface area contributed by atoms with Gasteiger partial charge in [0.15, 0.2) is 0 Å². The molecule has 2 aromatic rings. The first-order valence-corrected chi connectivity index (χ1v) is 7.21. The molecule has 1 aromatic carbocycles. The molecule has 0 bridgehead atoms. The highest BCUT2D eigenvalue weighted by atomic mass is 32.1. The Balaban J connectivity index is 2.35. The Morgan fingerprint density at radius 1 is 1.29 bits per heavy atom. The summed E-state index contributed by atoms with van der Waals surface area (Å²) in [5, 5.41) is 11.7. The number of carbonyl (C=O) groups is 2. The summed E-state index contributed by atoms with van der Waals surface area (Å²) < 4.78 is 5.37. The Hall–Kier alpha value is -2.34. The fourth-order valence-electron chi connectivity index (χ4n) is 1.86. The largest absolute Gasteiger partial charge is 0.494 e. The molecule has 1 heterocycles. The molecule has 0 spiro atoms. The van der Waals surface area contributed by atoms with E-state index < -0.39 is 5.97 Å². The van der Waals surface area contributed by atoms with E-state index in [1.807, 2.05) is 31.2 Å². The van der Waals surface area contributed by atoms with Crippen LogP contribution in [0.15, 0.2) is 30.3 Å². The Kier molecular flexibility index (Phi) is 4.59. The molecule has 0 fully saturated rings. The number of carboxylic acid groups (broad SMARTS) is 1. The summed E-state index contributed by atoms with van der Waals surface area (Å²) in [5.41, 5.74) is 1.20. The molecule has 2 rings (SSSR count). The number of thiophene rings is 1. The number of nitrogens with one attached hydrogen (secondary N) is 1. The third kappa shape index (κ3) is 3.61. The standard InChI is InChI=1S/C15H15NO4S/c1-3-20-11-6-4-10(5-7-11)13-8-12(16-9(2)17)14(21-13)15(18)19/h4-8H,3H2,1-2H3,(H,16,17)(H,18,19). The molecule has 5 nitrogen and oxygen atoms in total. The third-order valence-corrected chi connectivity index (χ3v) is 3.86. The Morgan fingerprint density at radius 3 is 2.48 bits per heavy atom. The van der Waals surface area contributed by atoms with Gasteiger partial charge < -0.3 is 15.2 Å². The van der Waals surface area contributed by atoms with Crippen molar-refractivity contribution < 1.29 is 19.4 Å². The van der Waals surface area contributed by atoms with Crippen LogP contribution in [-0.2, 0) is 4.79 Å². The highest BCUT2D eigenvalue weighted by Gasteiger charge is 2.17. The van der Waals surface area contributed by atoms with E-state index in [1.165, 1.54) is 6.92 Å². The third-order valence-electron chi connectivity index (χ3n) is 2.69. The monoisotopic (exact) mass is 305 g/mol. The molecule has 0 saturated carbocycles. The Labute approximate surface area is 126 Å². The van der Waals surface area contributed by atoms with Crippen molar-refractivity contribution in [1.29, 1.82) is 0 Å². The lowest BCUT2D eigenvalue weighted by atomic mass is 10.2. The van der Waals surface area contributed by atoms with Crippen molar-refractivity contribution in [3.05, 3.63) is 35.2 Å². The van der Waals surface area contributed by atoms with E-state index in [1.54, 1.807) is 6.07 Å². The van der Waals surface area contributed by atoms with Crippen LogP contribution in [0.25, 0.3) is 10.4 Å². The number of hydrogen-bond donors (Lipinski definition) is 2. The summed E-state index contributed by atoms with van der Waals surface area (Å²) in [7, 11) is 0. The van der Waals surface area contributed by atoms with Crippen LogP contribution in [-0.4, -0.2) is 23.6 Å². The van der Waals surface area contributed by atoms with E-state index >= 15 is 0 Å². The van der Waals surface area contributed by atoms with Crippen molar-refractivity contribution in [3.8, 4) is 16.2 Å². The van der Waals surface area contributed by atoms with Gasteiger partial charge in [-0.1, -0.05) is 0 Å². The van der Waals surface area contributed by atoms with Gasteiger partial charge >= 0.3 is 5.97 Å². The van der Waals surface area contributed by atoms with Crippen LogP contribution in [0.3, 0.4) is 0 Å². The quantitative estimate of drug-likeness (QED) is 0.887. The SMILES string of the molecule is CCOc1ccc(-c2cc(NC(C)=O)c(C(=O)O)s2)cc1. The molecule has 2 N–H and O–H groups in total. The molecule has 0 aliphatic carbocycles. The molecule has 0 atom stereocenters. The number of amides is 1. The minimum atomic E-state index is -1.05. The predicted octanol–water partition coefficient (Wildman–Crippen LogP) is 3.47. The fraction of sp³-hybridized carbons (Fsp3) is 0.200. The van der Waals surface area contributed by atoms with Gasteiger partial charge in [0.05, 0.1) is 12.3 Å². The van der Waals surface area contributed by atoms with Crippen molar-refractivity contribution in [1.82, 2.24) is 0 Å². The predicted molar refractivity (Wildman–Crippen MR) is 82.2 cm³/mol. The van der Waals surface area contributed by atoms with Gasteiger partial charge in [0.25, 0.3) is 0 Å². The van der Waals surface area contributed by atoms with Gasteiger partial charge in [-0.3, -0.25) is 4.79 Å². The van der Waals surface area contributed by atoms with Crippen LogP contribution in [0.2, 0.25) is 0 Å². The molecular formula is C15H15NO4S. The molecule has 0 saturated heterocycles. The van der Waals surface area contributed by atoms with Gasteiger partial charge in [0.1, 0.15) is 10.6 Å². The van der Waals surface area contributed by atoms with Gasteiger partial charge in [0.2, 0.25) is 5.91 Å². The maximum absolute atomic E-state index is 11.2. The summed E-state index contributed by atoms with van der Waals surface area (Å²) in [5.74, 6) is -0.590. The molecule has 6 heteroatoms. The van der Waals surface area contributed by atoms with E-state index in [2.05, 4.69) is 5.32 Å². The van der Waals surface area contributed by atoms with Crippen LogP contribution < -0.4 is 10.1 Å². The lowest BCUT2D eigenvalue weighted by Crippen LogP contribution is -2.08. The number of aromatic carboxylic acids is 1. The molecule has 0 radical (unpaired) electrons. The molecule has 21 heavy (non-hydrogen) atoms. The lowest BCUT2D eigenvalue weighted by Gasteiger charge is -2.03. The fourth-order valence-corrected chi connectivity index (χ4v) is 2.81. The summed E-state index contributed by atoms with van der Waals surface area (Å²) in [6.45, 7) is 3.85. The average molecular weight is 305 g/mol. The molecule has 0 unspecified atom stereocenters. The molecule has 1 aromatic heterocycles. The van der Waals surface area contributed by atoms with Crippen molar-refractivity contribution in [2.45, 2.75) is 13.8 Å². The Morgan fingerprint density at radius 2 is 1.95 bits per heavy atom. The van der Waals surface area contributed by atoms with Gasteiger partial charge in [-0.25, -0.2) is 4.79 Å². The average Bonchev–Trinajstić information content (AvgIpc) is 2.83. The minimum Gasteiger partial charge on any atom is -0.494 e. The van der Waals surface area contributed by atoms with Gasteiger partial charge in [-0.2, -0.15) is 0 Å². The van der Waals surface area contributed by atoms with Crippen molar-refractivity contribution >= 4 is 28.9 Å². The molecule has 0 aliphatic heterocycles. The number of anilines is 1.